The second-order valence-corrected chi connectivity index (χ2v) is 7.43. The summed E-state index contributed by atoms with van der Waals surface area (Å²) in [5, 5.41) is 2.68. The first-order chi connectivity index (χ1) is 11.9. The summed E-state index contributed by atoms with van der Waals surface area (Å²) in [4.78, 5) is 12.2. The average Bonchev–Trinajstić information content (AvgIpc) is 2.58. The zero-order valence-corrected chi connectivity index (χ0v) is 15.1. The highest BCUT2D eigenvalue weighted by atomic mass is 32.2. The van der Waals surface area contributed by atoms with Gasteiger partial charge in [0.15, 0.2) is 0 Å². The van der Waals surface area contributed by atoms with Crippen molar-refractivity contribution in [2.45, 2.75) is 13.3 Å². The van der Waals surface area contributed by atoms with Crippen LogP contribution in [0.3, 0.4) is 0 Å². The topological polar surface area (TPSA) is 75.7 Å². The fraction of sp³-hybridized carbons (Fsp3) is 0.278. The number of carbonyl (C=O) groups is 1. The molecular formula is C18H22N2O4S. The zero-order chi connectivity index (χ0) is 18.3. The molecule has 0 aliphatic rings. The van der Waals surface area contributed by atoms with Crippen LogP contribution in [-0.4, -0.2) is 33.7 Å². The fourth-order valence-corrected chi connectivity index (χ4v) is 3.04. The summed E-state index contributed by atoms with van der Waals surface area (Å²) in [6.45, 7) is 2.29. The van der Waals surface area contributed by atoms with Gasteiger partial charge in [0, 0.05) is 5.69 Å². The minimum Gasteiger partial charge on any atom is -0.494 e. The number of anilines is 2. The standard InChI is InChI=1S/C18H22N2O4S/c1-3-13-24-17-11-9-16(10-12-17)20(25(2,22)23)14-18(21)19-15-7-5-4-6-8-15/h4-12H,3,13-14H2,1-2H3,(H,19,21). The van der Waals surface area contributed by atoms with Gasteiger partial charge in [0.2, 0.25) is 15.9 Å². The van der Waals surface area contributed by atoms with E-state index in [0.717, 1.165) is 17.0 Å². The third-order valence-corrected chi connectivity index (χ3v) is 4.48. The van der Waals surface area contributed by atoms with Crippen LogP contribution in [0.2, 0.25) is 0 Å². The van der Waals surface area contributed by atoms with Crippen LogP contribution >= 0.6 is 0 Å². The third-order valence-electron chi connectivity index (χ3n) is 3.34. The molecule has 2 rings (SSSR count). The maximum absolute atomic E-state index is 12.2. The van der Waals surface area contributed by atoms with Gasteiger partial charge in [-0.05, 0) is 42.8 Å². The lowest BCUT2D eigenvalue weighted by Gasteiger charge is -2.22. The molecule has 1 N–H and O–H groups in total. The van der Waals surface area contributed by atoms with E-state index in [9.17, 15) is 13.2 Å². The lowest BCUT2D eigenvalue weighted by atomic mass is 10.3. The lowest BCUT2D eigenvalue weighted by molar-refractivity contribution is -0.114. The smallest absolute Gasteiger partial charge is 0.245 e. The zero-order valence-electron chi connectivity index (χ0n) is 14.3. The number of nitrogens with one attached hydrogen (secondary N) is 1. The summed E-state index contributed by atoms with van der Waals surface area (Å²) in [6, 6.07) is 15.5. The molecule has 7 heteroatoms. The van der Waals surface area contributed by atoms with E-state index in [1.807, 2.05) is 13.0 Å². The number of carbonyl (C=O) groups excluding carboxylic acids is 1. The number of para-hydroxylation sites is 1. The van der Waals surface area contributed by atoms with Crippen LogP contribution in [0, 0.1) is 0 Å². The molecule has 0 saturated carbocycles. The van der Waals surface area contributed by atoms with Crippen LogP contribution in [-0.2, 0) is 14.8 Å². The van der Waals surface area contributed by atoms with E-state index in [0.29, 0.717) is 23.7 Å². The first kappa shape index (κ1) is 18.8. The molecule has 0 atom stereocenters. The Labute approximate surface area is 148 Å². The van der Waals surface area contributed by atoms with Crippen molar-refractivity contribution in [2.75, 3.05) is 29.0 Å². The Bertz CT molecular complexity index is 790. The van der Waals surface area contributed by atoms with E-state index < -0.39 is 15.9 Å². The van der Waals surface area contributed by atoms with Gasteiger partial charge in [-0.3, -0.25) is 9.10 Å². The molecule has 0 heterocycles. The maximum Gasteiger partial charge on any atom is 0.245 e. The Morgan fingerprint density at radius 1 is 1.08 bits per heavy atom. The van der Waals surface area contributed by atoms with E-state index in [1.54, 1.807) is 48.5 Å². The van der Waals surface area contributed by atoms with Gasteiger partial charge in [-0.1, -0.05) is 25.1 Å². The predicted octanol–water partition coefficient (Wildman–Crippen LogP) is 2.88. The molecule has 1 amide bonds. The highest BCUT2D eigenvalue weighted by Crippen LogP contribution is 2.22. The maximum atomic E-state index is 12.2. The highest BCUT2D eigenvalue weighted by Gasteiger charge is 2.21. The van der Waals surface area contributed by atoms with Crippen molar-refractivity contribution in [3.05, 3.63) is 54.6 Å². The minimum absolute atomic E-state index is 0.303. The molecule has 0 unspecified atom stereocenters. The molecule has 0 aliphatic carbocycles. The minimum atomic E-state index is -3.60. The Morgan fingerprint density at radius 2 is 1.72 bits per heavy atom. The molecule has 0 bridgehead atoms. The molecule has 0 spiro atoms. The summed E-state index contributed by atoms with van der Waals surface area (Å²) >= 11 is 0. The first-order valence-electron chi connectivity index (χ1n) is 7.95. The number of amides is 1. The van der Waals surface area contributed by atoms with Crippen molar-refractivity contribution >= 4 is 27.3 Å². The lowest BCUT2D eigenvalue weighted by Crippen LogP contribution is -2.37. The predicted molar refractivity (Wildman–Crippen MR) is 99.5 cm³/mol. The van der Waals surface area contributed by atoms with Gasteiger partial charge in [-0.2, -0.15) is 0 Å². The molecule has 134 valence electrons. The largest absolute Gasteiger partial charge is 0.494 e. The molecule has 2 aromatic rings. The summed E-state index contributed by atoms with van der Waals surface area (Å²) in [7, 11) is -3.60. The van der Waals surface area contributed by atoms with Crippen molar-refractivity contribution in [2.24, 2.45) is 0 Å². The van der Waals surface area contributed by atoms with Crippen molar-refractivity contribution < 1.29 is 17.9 Å². The Balaban J connectivity index is 2.12. The van der Waals surface area contributed by atoms with Gasteiger partial charge >= 0.3 is 0 Å². The molecule has 0 radical (unpaired) electrons. The molecular weight excluding hydrogens is 340 g/mol. The Morgan fingerprint density at radius 3 is 2.28 bits per heavy atom. The van der Waals surface area contributed by atoms with Gasteiger partial charge in [0.25, 0.3) is 0 Å². The molecule has 0 aromatic heterocycles. The van der Waals surface area contributed by atoms with Crippen LogP contribution in [0.25, 0.3) is 0 Å². The van der Waals surface area contributed by atoms with Gasteiger partial charge in [-0.25, -0.2) is 8.42 Å². The van der Waals surface area contributed by atoms with Gasteiger partial charge in [0.05, 0.1) is 18.6 Å². The molecule has 0 aliphatic heterocycles. The number of ether oxygens (including phenoxy) is 1. The number of rotatable bonds is 8. The van der Waals surface area contributed by atoms with Gasteiger partial charge in [0.1, 0.15) is 12.3 Å². The van der Waals surface area contributed by atoms with E-state index in [1.165, 1.54) is 0 Å². The van der Waals surface area contributed by atoms with Crippen LogP contribution in [0.15, 0.2) is 54.6 Å². The van der Waals surface area contributed by atoms with Crippen LogP contribution in [0.5, 0.6) is 5.75 Å². The Hall–Kier alpha value is -2.54. The van der Waals surface area contributed by atoms with Crippen LogP contribution in [0.4, 0.5) is 11.4 Å². The van der Waals surface area contributed by atoms with Crippen molar-refractivity contribution in [3.63, 3.8) is 0 Å². The first-order valence-corrected chi connectivity index (χ1v) is 9.80. The molecule has 2 aromatic carbocycles. The van der Waals surface area contributed by atoms with Crippen molar-refractivity contribution in [1.29, 1.82) is 0 Å². The summed E-state index contributed by atoms with van der Waals surface area (Å²) in [5.74, 6) is 0.246. The molecule has 25 heavy (non-hydrogen) atoms. The summed E-state index contributed by atoms with van der Waals surface area (Å²) in [6.07, 6.45) is 1.96. The number of nitrogens with zero attached hydrogens (tertiary/aromatic N) is 1. The fourth-order valence-electron chi connectivity index (χ4n) is 2.18. The van der Waals surface area contributed by atoms with E-state index in [4.69, 9.17) is 4.74 Å². The SMILES string of the molecule is CCCOc1ccc(N(CC(=O)Nc2ccccc2)S(C)(=O)=O)cc1. The van der Waals surface area contributed by atoms with Gasteiger partial charge in [-0.15, -0.1) is 0 Å². The summed E-state index contributed by atoms with van der Waals surface area (Å²) in [5.41, 5.74) is 1.03. The second-order valence-electron chi connectivity index (χ2n) is 5.53. The second kappa shape index (κ2) is 8.53. The summed E-state index contributed by atoms with van der Waals surface area (Å²) < 4.78 is 30.7. The Kier molecular flexibility index (Phi) is 6.41. The third kappa shape index (κ3) is 5.79. The van der Waals surface area contributed by atoms with E-state index in [2.05, 4.69) is 5.32 Å². The highest BCUT2D eigenvalue weighted by molar-refractivity contribution is 7.92. The normalized spacial score (nSPS) is 11.0. The quantitative estimate of drug-likeness (QED) is 0.783. The molecule has 0 fully saturated rings. The number of sulfonamides is 1. The molecule has 6 nitrogen and oxygen atoms in total. The van der Waals surface area contributed by atoms with E-state index in [-0.39, 0.29) is 6.54 Å². The van der Waals surface area contributed by atoms with Gasteiger partial charge < -0.3 is 10.1 Å². The van der Waals surface area contributed by atoms with Crippen molar-refractivity contribution in [3.8, 4) is 5.75 Å². The monoisotopic (exact) mass is 362 g/mol. The average molecular weight is 362 g/mol. The molecule has 0 saturated heterocycles. The number of benzene rings is 2. The van der Waals surface area contributed by atoms with Crippen LogP contribution in [0.1, 0.15) is 13.3 Å². The van der Waals surface area contributed by atoms with Crippen LogP contribution < -0.4 is 14.4 Å². The van der Waals surface area contributed by atoms with E-state index >= 15 is 0 Å². The number of hydrogen-bond donors (Lipinski definition) is 1. The van der Waals surface area contributed by atoms with Crippen molar-refractivity contribution in [1.82, 2.24) is 0 Å². The number of hydrogen-bond acceptors (Lipinski definition) is 4.